The van der Waals surface area contributed by atoms with Gasteiger partial charge in [0.15, 0.2) is 9.84 Å². The van der Waals surface area contributed by atoms with Gasteiger partial charge in [-0.3, -0.25) is 0 Å². The van der Waals surface area contributed by atoms with Gasteiger partial charge in [0.2, 0.25) is 0 Å². The van der Waals surface area contributed by atoms with Crippen LogP contribution in [0.15, 0.2) is 29.2 Å². The SMILES string of the molecule is CCNC(C)(CO)CC(C)Oc1ccc(S(C)(=O)=O)cc1. The molecule has 0 aliphatic rings. The third-order valence-corrected chi connectivity index (χ3v) is 4.41. The second kappa shape index (κ2) is 7.24. The molecule has 0 radical (unpaired) electrons. The minimum Gasteiger partial charge on any atom is -0.491 e. The van der Waals surface area contributed by atoms with Crippen LogP contribution in [0.3, 0.4) is 0 Å². The molecule has 0 heterocycles. The number of hydrogen-bond donors (Lipinski definition) is 2. The van der Waals surface area contributed by atoms with Gasteiger partial charge >= 0.3 is 0 Å². The number of ether oxygens (including phenoxy) is 1. The number of aliphatic hydroxyl groups excluding tert-OH is 1. The van der Waals surface area contributed by atoms with Gasteiger partial charge in [-0.25, -0.2) is 8.42 Å². The summed E-state index contributed by atoms with van der Waals surface area (Å²) in [6, 6.07) is 6.37. The van der Waals surface area contributed by atoms with Gasteiger partial charge < -0.3 is 15.2 Å². The Morgan fingerprint density at radius 1 is 1.33 bits per heavy atom. The summed E-state index contributed by atoms with van der Waals surface area (Å²) >= 11 is 0. The molecule has 5 nitrogen and oxygen atoms in total. The van der Waals surface area contributed by atoms with Crippen molar-refractivity contribution < 1.29 is 18.3 Å². The molecule has 2 unspecified atom stereocenters. The molecule has 1 aromatic carbocycles. The number of aliphatic hydroxyl groups is 1. The van der Waals surface area contributed by atoms with Crippen molar-refractivity contribution in [3.63, 3.8) is 0 Å². The van der Waals surface area contributed by atoms with Crippen LogP contribution in [0.5, 0.6) is 5.75 Å². The summed E-state index contributed by atoms with van der Waals surface area (Å²) in [5, 5.41) is 12.7. The topological polar surface area (TPSA) is 75.6 Å². The molecule has 0 amide bonds. The van der Waals surface area contributed by atoms with Crippen molar-refractivity contribution in [1.82, 2.24) is 5.32 Å². The summed E-state index contributed by atoms with van der Waals surface area (Å²) in [5.41, 5.74) is -0.388. The average molecular weight is 315 g/mol. The number of likely N-dealkylation sites (N-methyl/N-ethyl adjacent to an activating group) is 1. The van der Waals surface area contributed by atoms with Gasteiger partial charge in [-0.05, 0) is 44.7 Å². The van der Waals surface area contributed by atoms with Gasteiger partial charge in [-0.15, -0.1) is 0 Å². The van der Waals surface area contributed by atoms with Crippen LogP contribution in [0.1, 0.15) is 27.2 Å². The van der Waals surface area contributed by atoms with Crippen LogP contribution in [-0.4, -0.2) is 44.6 Å². The highest BCUT2D eigenvalue weighted by atomic mass is 32.2. The lowest BCUT2D eigenvalue weighted by Crippen LogP contribution is -2.48. The van der Waals surface area contributed by atoms with E-state index in [0.29, 0.717) is 12.2 Å². The standard InChI is InChI=1S/C15H25NO4S/c1-5-16-15(3,11-17)10-12(2)20-13-6-8-14(9-7-13)21(4,18)19/h6-9,12,16-17H,5,10-11H2,1-4H3. The minimum absolute atomic E-state index is 0.0293. The van der Waals surface area contributed by atoms with E-state index in [1.165, 1.54) is 18.4 Å². The summed E-state index contributed by atoms with van der Waals surface area (Å²) < 4.78 is 28.6. The zero-order valence-electron chi connectivity index (χ0n) is 13.1. The van der Waals surface area contributed by atoms with Crippen molar-refractivity contribution >= 4 is 9.84 Å². The Labute approximate surface area is 127 Å². The van der Waals surface area contributed by atoms with Crippen molar-refractivity contribution in [3.05, 3.63) is 24.3 Å². The third-order valence-electron chi connectivity index (χ3n) is 3.28. The molecule has 1 rings (SSSR count). The second-order valence-corrected chi connectivity index (χ2v) is 7.64. The largest absolute Gasteiger partial charge is 0.491 e. The fraction of sp³-hybridized carbons (Fsp3) is 0.600. The van der Waals surface area contributed by atoms with Crippen LogP contribution in [0.2, 0.25) is 0 Å². The molecule has 1 aromatic rings. The smallest absolute Gasteiger partial charge is 0.175 e. The molecular formula is C15H25NO4S. The zero-order valence-corrected chi connectivity index (χ0v) is 13.9. The zero-order chi connectivity index (χ0) is 16.1. The number of nitrogens with one attached hydrogen (secondary N) is 1. The van der Waals surface area contributed by atoms with Crippen molar-refractivity contribution in [2.24, 2.45) is 0 Å². The quantitative estimate of drug-likeness (QED) is 0.762. The predicted octanol–water partition coefficient (Wildman–Crippen LogP) is 1.61. The minimum atomic E-state index is -3.19. The van der Waals surface area contributed by atoms with Crippen LogP contribution in [-0.2, 0) is 9.84 Å². The van der Waals surface area contributed by atoms with E-state index in [2.05, 4.69) is 5.32 Å². The van der Waals surface area contributed by atoms with E-state index in [-0.39, 0.29) is 23.1 Å². The molecule has 0 aromatic heterocycles. The van der Waals surface area contributed by atoms with Crippen molar-refractivity contribution in [3.8, 4) is 5.75 Å². The van der Waals surface area contributed by atoms with E-state index in [1.54, 1.807) is 12.1 Å². The van der Waals surface area contributed by atoms with Crippen LogP contribution in [0, 0.1) is 0 Å². The Kier molecular flexibility index (Phi) is 6.19. The Hall–Kier alpha value is -1.11. The Balaban J connectivity index is 2.69. The fourth-order valence-electron chi connectivity index (χ4n) is 2.29. The second-order valence-electron chi connectivity index (χ2n) is 5.63. The lowest BCUT2D eigenvalue weighted by molar-refractivity contribution is 0.111. The van der Waals surface area contributed by atoms with Gasteiger partial charge in [-0.1, -0.05) is 6.92 Å². The molecule has 0 saturated heterocycles. The molecular weight excluding hydrogens is 290 g/mol. The van der Waals surface area contributed by atoms with Gasteiger partial charge in [-0.2, -0.15) is 0 Å². The van der Waals surface area contributed by atoms with Crippen molar-refractivity contribution in [2.45, 2.75) is 43.7 Å². The van der Waals surface area contributed by atoms with E-state index in [4.69, 9.17) is 4.74 Å². The van der Waals surface area contributed by atoms with E-state index in [0.717, 1.165) is 6.54 Å². The van der Waals surface area contributed by atoms with E-state index >= 15 is 0 Å². The Morgan fingerprint density at radius 3 is 2.33 bits per heavy atom. The van der Waals surface area contributed by atoms with Crippen molar-refractivity contribution in [2.75, 3.05) is 19.4 Å². The number of sulfone groups is 1. The summed E-state index contributed by atoms with van der Waals surface area (Å²) in [5.74, 6) is 0.617. The number of hydrogen-bond acceptors (Lipinski definition) is 5. The lowest BCUT2D eigenvalue weighted by atomic mass is 9.95. The lowest BCUT2D eigenvalue weighted by Gasteiger charge is -2.31. The van der Waals surface area contributed by atoms with Crippen LogP contribution in [0.4, 0.5) is 0 Å². The summed E-state index contributed by atoms with van der Waals surface area (Å²) in [6.07, 6.45) is 1.71. The molecule has 120 valence electrons. The maximum Gasteiger partial charge on any atom is 0.175 e. The normalized spacial score (nSPS) is 16.2. The maximum atomic E-state index is 11.4. The first-order valence-corrected chi connectivity index (χ1v) is 8.92. The number of rotatable bonds is 8. The summed E-state index contributed by atoms with van der Waals surface area (Å²) in [4.78, 5) is 0.273. The van der Waals surface area contributed by atoms with E-state index in [9.17, 15) is 13.5 Å². The molecule has 0 saturated carbocycles. The molecule has 0 aliphatic carbocycles. The van der Waals surface area contributed by atoms with Crippen molar-refractivity contribution in [1.29, 1.82) is 0 Å². The number of benzene rings is 1. The van der Waals surface area contributed by atoms with Crippen LogP contribution < -0.4 is 10.1 Å². The third kappa shape index (κ3) is 5.65. The highest BCUT2D eigenvalue weighted by molar-refractivity contribution is 7.90. The maximum absolute atomic E-state index is 11.4. The average Bonchev–Trinajstić information content (AvgIpc) is 2.38. The Morgan fingerprint density at radius 2 is 1.90 bits per heavy atom. The molecule has 2 atom stereocenters. The molecule has 21 heavy (non-hydrogen) atoms. The molecule has 6 heteroatoms. The Bertz CT molecular complexity index is 541. The first-order valence-electron chi connectivity index (χ1n) is 7.03. The first kappa shape index (κ1) is 17.9. The predicted molar refractivity (Wildman–Crippen MR) is 83.4 cm³/mol. The fourth-order valence-corrected chi connectivity index (χ4v) is 2.92. The molecule has 2 N–H and O–H groups in total. The summed E-state index contributed by atoms with van der Waals surface area (Å²) in [7, 11) is -3.19. The monoisotopic (exact) mass is 315 g/mol. The van der Waals surface area contributed by atoms with Gasteiger partial charge in [0, 0.05) is 18.2 Å². The van der Waals surface area contributed by atoms with Gasteiger partial charge in [0.25, 0.3) is 0 Å². The van der Waals surface area contributed by atoms with Gasteiger partial charge in [0.05, 0.1) is 17.6 Å². The van der Waals surface area contributed by atoms with E-state index < -0.39 is 9.84 Å². The van der Waals surface area contributed by atoms with Crippen LogP contribution in [0.25, 0.3) is 0 Å². The van der Waals surface area contributed by atoms with E-state index in [1.807, 2.05) is 20.8 Å². The first-order chi connectivity index (χ1) is 9.70. The van der Waals surface area contributed by atoms with Gasteiger partial charge in [0.1, 0.15) is 5.75 Å². The highest BCUT2D eigenvalue weighted by Gasteiger charge is 2.25. The molecule has 0 bridgehead atoms. The molecule has 0 aliphatic heterocycles. The molecule has 0 fully saturated rings. The molecule has 0 spiro atoms. The summed E-state index contributed by atoms with van der Waals surface area (Å²) in [6.45, 7) is 6.66. The van der Waals surface area contributed by atoms with Crippen LogP contribution >= 0.6 is 0 Å². The highest BCUT2D eigenvalue weighted by Crippen LogP contribution is 2.20.